The van der Waals surface area contributed by atoms with E-state index in [1.54, 1.807) is 6.92 Å². The molecule has 2 aliphatic heterocycles. The molecule has 0 radical (unpaired) electrons. The van der Waals surface area contributed by atoms with Crippen molar-refractivity contribution in [3.8, 4) is 0 Å². The van der Waals surface area contributed by atoms with Crippen molar-refractivity contribution >= 4 is 12.0 Å². The molecule has 0 aromatic carbocycles. The molecule has 2 fully saturated rings. The van der Waals surface area contributed by atoms with Gasteiger partial charge in [0.05, 0.1) is 6.42 Å². The van der Waals surface area contributed by atoms with E-state index in [2.05, 4.69) is 17.1 Å². The fourth-order valence-corrected chi connectivity index (χ4v) is 3.08. The van der Waals surface area contributed by atoms with E-state index in [1.165, 1.54) is 6.42 Å². The molecule has 3 unspecified atom stereocenters. The Bertz CT molecular complexity index is 361. The maximum absolute atomic E-state index is 12.2. The third-order valence-electron chi connectivity index (χ3n) is 4.05. The molecule has 2 rings (SSSR count). The van der Waals surface area contributed by atoms with Crippen molar-refractivity contribution in [1.29, 1.82) is 0 Å². The van der Waals surface area contributed by atoms with Crippen LogP contribution in [0.2, 0.25) is 0 Å². The number of fused-ring (bicyclic) bond motifs is 1. The number of carbonyl (C=O) groups excluding carboxylic acids is 1. The molecular formula is C13H23N3O3. The van der Waals surface area contributed by atoms with E-state index in [1.807, 2.05) is 4.90 Å². The van der Waals surface area contributed by atoms with E-state index in [4.69, 9.17) is 5.11 Å². The van der Waals surface area contributed by atoms with Crippen LogP contribution in [-0.4, -0.2) is 64.7 Å². The number of nitrogens with one attached hydrogen (secondary N) is 1. The van der Waals surface area contributed by atoms with Gasteiger partial charge in [-0.05, 0) is 33.2 Å². The van der Waals surface area contributed by atoms with Crippen LogP contribution in [0, 0.1) is 0 Å². The van der Waals surface area contributed by atoms with Crippen LogP contribution in [0.3, 0.4) is 0 Å². The zero-order chi connectivity index (χ0) is 14.0. The van der Waals surface area contributed by atoms with Gasteiger partial charge < -0.3 is 15.3 Å². The summed E-state index contributed by atoms with van der Waals surface area (Å²) in [6, 6.07) is 0.203. The van der Waals surface area contributed by atoms with Crippen molar-refractivity contribution in [3.63, 3.8) is 0 Å². The summed E-state index contributed by atoms with van der Waals surface area (Å²) in [5.74, 6) is -0.888. The van der Waals surface area contributed by atoms with Crippen LogP contribution in [-0.2, 0) is 4.79 Å². The lowest BCUT2D eigenvalue weighted by Gasteiger charge is -2.42. The summed E-state index contributed by atoms with van der Waals surface area (Å²) in [4.78, 5) is 27.1. The number of piperazine rings is 1. The van der Waals surface area contributed by atoms with E-state index in [-0.39, 0.29) is 24.5 Å². The smallest absolute Gasteiger partial charge is 0.317 e. The monoisotopic (exact) mass is 269 g/mol. The fraction of sp³-hybridized carbons (Fsp3) is 0.846. The topological polar surface area (TPSA) is 72.9 Å². The standard InChI is InChI=1S/C13H23N3O3/c1-9(6-12(17)18)14-13(19)16-8-11-4-3-5-15(11)7-10(16)2/h9-11H,3-8H2,1-2H3,(H,14,19)(H,17,18). The van der Waals surface area contributed by atoms with Crippen molar-refractivity contribution < 1.29 is 14.7 Å². The SMILES string of the molecule is CC(CC(=O)O)NC(=O)N1CC2CCCN2CC1C. The Balaban J connectivity index is 1.89. The number of nitrogens with zero attached hydrogens (tertiary/aromatic N) is 2. The van der Waals surface area contributed by atoms with E-state index < -0.39 is 5.97 Å². The summed E-state index contributed by atoms with van der Waals surface area (Å²) in [5, 5.41) is 11.5. The van der Waals surface area contributed by atoms with Gasteiger partial charge in [0, 0.05) is 31.2 Å². The third-order valence-corrected chi connectivity index (χ3v) is 4.05. The van der Waals surface area contributed by atoms with Gasteiger partial charge in [0.15, 0.2) is 0 Å². The normalized spacial score (nSPS) is 28.8. The van der Waals surface area contributed by atoms with Gasteiger partial charge in [-0.2, -0.15) is 0 Å². The summed E-state index contributed by atoms with van der Waals surface area (Å²) < 4.78 is 0. The lowest BCUT2D eigenvalue weighted by Crippen LogP contribution is -2.59. The Morgan fingerprint density at radius 1 is 1.42 bits per heavy atom. The van der Waals surface area contributed by atoms with E-state index in [0.29, 0.717) is 6.04 Å². The Morgan fingerprint density at radius 3 is 2.84 bits per heavy atom. The molecule has 6 heteroatoms. The second-order valence-corrected chi connectivity index (χ2v) is 5.74. The minimum atomic E-state index is -0.888. The molecule has 0 aliphatic carbocycles. The first-order chi connectivity index (χ1) is 8.97. The van der Waals surface area contributed by atoms with E-state index in [9.17, 15) is 9.59 Å². The molecule has 2 amide bonds. The molecule has 19 heavy (non-hydrogen) atoms. The highest BCUT2D eigenvalue weighted by molar-refractivity contribution is 5.76. The van der Waals surface area contributed by atoms with Crippen LogP contribution in [0.25, 0.3) is 0 Å². The van der Waals surface area contributed by atoms with Crippen LogP contribution in [0.4, 0.5) is 4.79 Å². The molecule has 0 bridgehead atoms. The summed E-state index contributed by atoms with van der Waals surface area (Å²) in [6.45, 7) is 6.59. The Hall–Kier alpha value is -1.30. The number of carbonyl (C=O) groups is 2. The van der Waals surface area contributed by atoms with Crippen LogP contribution < -0.4 is 5.32 Å². The molecule has 6 nitrogen and oxygen atoms in total. The first-order valence-electron chi connectivity index (χ1n) is 7.00. The van der Waals surface area contributed by atoms with Gasteiger partial charge >= 0.3 is 12.0 Å². The third kappa shape index (κ3) is 3.37. The molecule has 0 spiro atoms. The number of carboxylic acids is 1. The highest BCUT2D eigenvalue weighted by Gasteiger charge is 2.36. The maximum Gasteiger partial charge on any atom is 0.317 e. The second kappa shape index (κ2) is 5.77. The zero-order valence-electron chi connectivity index (χ0n) is 11.6. The lowest BCUT2D eigenvalue weighted by molar-refractivity contribution is -0.137. The van der Waals surface area contributed by atoms with Crippen LogP contribution in [0.15, 0.2) is 0 Å². The lowest BCUT2D eigenvalue weighted by atomic mass is 10.1. The minimum absolute atomic E-state index is 0.0382. The van der Waals surface area contributed by atoms with Crippen molar-refractivity contribution in [3.05, 3.63) is 0 Å². The summed E-state index contributed by atoms with van der Waals surface area (Å²) >= 11 is 0. The molecule has 2 saturated heterocycles. The van der Waals surface area contributed by atoms with Crippen LogP contribution in [0.5, 0.6) is 0 Å². The number of carboxylic acid groups (broad SMARTS) is 1. The van der Waals surface area contributed by atoms with Crippen molar-refractivity contribution in [2.45, 2.75) is 51.2 Å². The molecule has 2 heterocycles. The molecule has 3 atom stereocenters. The average Bonchev–Trinajstić information content (AvgIpc) is 2.73. The Kier molecular flexibility index (Phi) is 4.29. The van der Waals surface area contributed by atoms with E-state index >= 15 is 0 Å². The summed E-state index contributed by atoms with van der Waals surface area (Å²) in [5.41, 5.74) is 0. The highest BCUT2D eigenvalue weighted by Crippen LogP contribution is 2.24. The van der Waals surface area contributed by atoms with Crippen molar-refractivity contribution in [1.82, 2.24) is 15.1 Å². The average molecular weight is 269 g/mol. The Labute approximate surface area is 113 Å². The largest absolute Gasteiger partial charge is 0.481 e. The number of hydrogen-bond donors (Lipinski definition) is 2. The fourth-order valence-electron chi connectivity index (χ4n) is 3.08. The van der Waals surface area contributed by atoms with Gasteiger partial charge in [0.25, 0.3) is 0 Å². The number of rotatable bonds is 3. The van der Waals surface area contributed by atoms with Gasteiger partial charge in [-0.15, -0.1) is 0 Å². The summed E-state index contributed by atoms with van der Waals surface area (Å²) in [7, 11) is 0. The zero-order valence-corrected chi connectivity index (χ0v) is 11.6. The van der Waals surface area contributed by atoms with Gasteiger partial charge in [-0.1, -0.05) is 0 Å². The molecule has 2 aliphatic rings. The number of amides is 2. The Morgan fingerprint density at radius 2 is 2.16 bits per heavy atom. The number of urea groups is 1. The predicted octanol–water partition coefficient (Wildman–Crippen LogP) is 0.728. The van der Waals surface area contributed by atoms with E-state index in [0.717, 1.165) is 26.1 Å². The predicted molar refractivity (Wildman–Crippen MR) is 71.0 cm³/mol. The first-order valence-corrected chi connectivity index (χ1v) is 7.00. The number of aliphatic carboxylic acids is 1. The molecule has 108 valence electrons. The van der Waals surface area contributed by atoms with Gasteiger partial charge in [0.1, 0.15) is 0 Å². The molecule has 0 saturated carbocycles. The highest BCUT2D eigenvalue weighted by atomic mass is 16.4. The van der Waals surface area contributed by atoms with Gasteiger partial charge in [0.2, 0.25) is 0 Å². The first kappa shape index (κ1) is 14.1. The van der Waals surface area contributed by atoms with Crippen molar-refractivity contribution in [2.24, 2.45) is 0 Å². The molecular weight excluding hydrogens is 246 g/mol. The van der Waals surface area contributed by atoms with Gasteiger partial charge in [-0.25, -0.2) is 4.79 Å². The number of hydrogen-bond acceptors (Lipinski definition) is 3. The molecule has 0 aromatic heterocycles. The summed E-state index contributed by atoms with van der Waals surface area (Å²) in [6.07, 6.45) is 2.33. The van der Waals surface area contributed by atoms with Crippen LogP contribution >= 0.6 is 0 Å². The van der Waals surface area contributed by atoms with Crippen LogP contribution in [0.1, 0.15) is 33.1 Å². The maximum atomic E-state index is 12.2. The van der Waals surface area contributed by atoms with Gasteiger partial charge in [-0.3, -0.25) is 9.69 Å². The molecule has 0 aromatic rings. The molecule has 2 N–H and O–H groups in total. The quantitative estimate of drug-likeness (QED) is 0.792. The van der Waals surface area contributed by atoms with Crippen molar-refractivity contribution in [2.75, 3.05) is 19.6 Å². The second-order valence-electron chi connectivity index (χ2n) is 5.74. The minimum Gasteiger partial charge on any atom is -0.481 e.